The molecule has 0 heterocycles. The summed E-state index contributed by atoms with van der Waals surface area (Å²) >= 11 is 0. The highest BCUT2D eigenvalue weighted by molar-refractivity contribution is 6.03. The average molecular weight is 431 g/mol. The van der Waals surface area contributed by atoms with Crippen molar-refractivity contribution in [2.24, 2.45) is 0 Å². The number of nitrogens with one attached hydrogen (secondary N) is 1. The predicted octanol–water partition coefficient (Wildman–Crippen LogP) is 5.12. The molecule has 3 rings (SSSR count). The monoisotopic (exact) mass is 430 g/mol. The molecule has 0 bridgehead atoms. The molecule has 6 nitrogen and oxygen atoms in total. The third-order valence-corrected chi connectivity index (χ3v) is 4.72. The first-order valence-electron chi connectivity index (χ1n) is 9.95. The fourth-order valence-electron chi connectivity index (χ4n) is 3.09. The van der Waals surface area contributed by atoms with Crippen molar-refractivity contribution in [3.63, 3.8) is 0 Å². The van der Waals surface area contributed by atoms with E-state index >= 15 is 0 Å². The van der Waals surface area contributed by atoms with Crippen LogP contribution in [-0.4, -0.2) is 27.2 Å². The highest BCUT2D eigenvalue weighted by Crippen LogP contribution is 2.38. The lowest BCUT2D eigenvalue weighted by Gasteiger charge is -2.13. The van der Waals surface area contributed by atoms with Gasteiger partial charge < -0.3 is 25.3 Å². The van der Waals surface area contributed by atoms with E-state index in [4.69, 9.17) is 19.9 Å². The number of benzene rings is 3. The van der Waals surface area contributed by atoms with Gasteiger partial charge in [-0.2, -0.15) is 0 Å². The maximum absolute atomic E-state index is 12.4. The first-order chi connectivity index (χ1) is 15.5. The highest BCUT2D eigenvalue weighted by atomic mass is 16.5. The predicted molar refractivity (Wildman–Crippen MR) is 130 cm³/mol. The van der Waals surface area contributed by atoms with Gasteiger partial charge in [-0.25, -0.2) is 0 Å². The lowest BCUT2D eigenvalue weighted by Crippen LogP contribution is -2.08. The number of methoxy groups -OCH3 is 3. The van der Waals surface area contributed by atoms with Crippen LogP contribution < -0.4 is 25.3 Å². The molecule has 0 aliphatic carbocycles. The Hall–Kier alpha value is -4.19. The van der Waals surface area contributed by atoms with Crippen molar-refractivity contribution in [1.82, 2.24) is 0 Å². The van der Waals surface area contributed by atoms with Gasteiger partial charge in [0.05, 0.1) is 21.3 Å². The van der Waals surface area contributed by atoms with Gasteiger partial charge in [-0.3, -0.25) is 4.79 Å². The SMILES string of the molecule is COc1cc(C=Cc2ccccc2NC(=O)/C=C/c2ccc(N)cc2)cc(OC)c1OC. The van der Waals surface area contributed by atoms with Gasteiger partial charge in [0.1, 0.15) is 0 Å². The number of hydrogen-bond donors (Lipinski definition) is 2. The summed E-state index contributed by atoms with van der Waals surface area (Å²) in [4.78, 5) is 12.4. The molecule has 1 amide bonds. The molecule has 0 aromatic heterocycles. The second-order valence-electron chi connectivity index (χ2n) is 6.87. The molecule has 0 aliphatic heterocycles. The summed E-state index contributed by atoms with van der Waals surface area (Å²) in [5.41, 5.74) is 9.68. The van der Waals surface area contributed by atoms with Crippen molar-refractivity contribution in [3.8, 4) is 17.2 Å². The average Bonchev–Trinajstić information content (AvgIpc) is 2.82. The fourth-order valence-corrected chi connectivity index (χ4v) is 3.09. The number of nitrogens with two attached hydrogens (primary N) is 1. The summed E-state index contributed by atoms with van der Waals surface area (Å²) < 4.78 is 16.2. The Kier molecular flexibility index (Phi) is 7.54. The highest BCUT2D eigenvalue weighted by Gasteiger charge is 2.12. The van der Waals surface area contributed by atoms with E-state index in [0.717, 1.165) is 16.7 Å². The van der Waals surface area contributed by atoms with Crippen LogP contribution in [0.4, 0.5) is 11.4 Å². The van der Waals surface area contributed by atoms with Crippen molar-refractivity contribution >= 4 is 35.5 Å². The first-order valence-corrected chi connectivity index (χ1v) is 9.95. The van der Waals surface area contributed by atoms with E-state index in [-0.39, 0.29) is 5.91 Å². The number of hydrogen-bond acceptors (Lipinski definition) is 5. The summed E-state index contributed by atoms with van der Waals surface area (Å²) in [6.45, 7) is 0. The van der Waals surface area contributed by atoms with Crippen LogP contribution in [0.25, 0.3) is 18.2 Å². The topological polar surface area (TPSA) is 82.8 Å². The molecule has 3 aromatic rings. The molecule has 0 fully saturated rings. The standard InChI is InChI=1S/C26H26N2O4/c1-30-23-16-19(17-24(31-2)26(23)32-3)8-12-20-6-4-5-7-22(20)28-25(29)15-11-18-9-13-21(27)14-10-18/h4-17H,27H2,1-3H3,(H,28,29)/b12-8?,15-11+. The number of amides is 1. The molecule has 3 N–H and O–H groups in total. The summed E-state index contributed by atoms with van der Waals surface area (Å²) in [7, 11) is 4.72. The summed E-state index contributed by atoms with van der Waals surface area (Å²) in [5, 5.41) is 2.92. The van der Waals surface area contributed by atoms with Crippen molar-refractivity contribution in [1.29, 1.82) is 0 Å². The molecule has 0 aliphatic rings. The van der Waals surface area contributed by atoms with Gasteiger partial charge in [-0.15, -0.1) is 0 Å². The molecule has 32 heavy (non-hydrogen) atoms. The minimum Gasteiger partial charge on any atom is -0.493 e. The minimum absolute atomic E-state index is 0.226. The number of ether oxygens (including phenoxy) is 3. The molecular weight excluding hydrogens is 404 g/mol. The number of nitrogen functional groups attached to an aromatic ring is 1. The van der Waals surface area contributed by atoms with Crippen molar-refractivity contribution in [2.45, 2.75) is 0 Å². The molecule has 6 heteroatoms. The molecule has 3 aromatic carbocycles. The summed E-state index contributed by atoms with van der Waals surface area (Å²) in [5.74, 6) is 1.45. The van der Waals surface area contributed by atoms with Crippen LogP contribution >= 0.6 is 0 Å². The molecule has 0 saturated heterocycles. The van der Waals surface area contributed by atoms with Crippen LogP contribution in [0.2, 0.25) is 0 Å². The number of rotatable bonds is 8. The van der Waals surface area contributed by atoms with Crippen molar-refractivity contribution in [2.75, 3.05) is 32.4 Å². The van der Waals surface area contributed by atoms with E-state index in [1.807, 2.05) is 60.7 Å². The zero-order valence-electron chi connectivity index (χ0n) is 18.3. The number of anilines is 2. The second-order valence-corrected chi connectivity index (χ2v) is 6.87. The van der Waals surface area contributed by atoms with E-state index in [2.05, 4.69) is 5.32 Å². The lowest BCUT2D eigenvalue weighted by molar-refractivity contribution is -0.111. The van der Waals surface area contributed by atoms with E-state index in [9.17, 15) is 4.79 Å². The van der Waals surface area contributed by atoms with Crippen LogP contribution in [0.3, 0.4) is 0 Å². The maximum atomic E-state index is 12.4. The lowest BCUT2D eigenvalue weighted by atomic mass is 10.1. The van der Waals surface area contributed by atoms with Crippen LogP contribution in [-0.2, 0) is 4.79 Å². The van der Waals surface area contributed by atoms with Gasteiger partial charge in [0.25, 0.3) is 0 Å². The summed E-state index contributed by atoms with van der Waals surface area (Å²) in [6, 6.07) is 18.6. The number of carbonyl (C=O) groups is 1. The van der Waals surface area contributed by atoms with Crippen LogP contribution in [0.1, 0.15) is 16.7 Å². The van der Waals surface area contributed by atoms with Gasteiger partial charge >= 0.3 is 0 Å². The van der Waals surface area contributed by atoms with Gasteiger partial charge in [-0.1, -0.05) is 42.5 Å². The normalized spacial score (nSPS) is 11.0. The first kappa shape index (κ1) is 22.5. The molecule has 0 spiro atoms. The van der Waals surface area contributed by atoms with E-state index < -0.39 is 0 Å². The number of para-hydroxylation sites is 1. The van der Waals surface area contributed by atoms with Gasteiger partial charge in [0.15, 0.2) is 11.5 Å². The zero-order valence-corrected chi connectivity index (χ0v) is 18.3. The van der Waals surface area contributed by atoms with Gasteiger partial charge in [0, 0.05) is 17.5 Å². The smallest absolute Gasteiger partial charge is 0.248 e. The van der Waals surface area contributed by atoms with Crippen molar-refractivity contribution < 1.29 is 19.0 Å². The summed E-state index contributed by atoms with van der Waals surface area (Å²) in [6.07, 6.45) is 7.06. The third-order valence-electron chi connectivity index (χ3n) is 4.72. The molecular formula is C26H26N2O4. The largest absolute Gasteiger partial charge is 0.493 e. The molecule has 0 atom stereocenters. The Morgan fingerprint density at radius 2 is 1.47 bits per heavy atom. The van der Waals surface area contributed by atoms with E-state index in [1.54, 1.807) is 39.5 Å². The maximum Gasteiger partial charge on any atom is 0.248 e. The van der Waals surface area contributed by atoms with Gasteiger partial charge in [0.2, 0.25) is 11.7 Å². The Morgan fingerprint density at radius 3 is 2.09 bits per heavy atom. The minimum atomic E-state index is -0.226. The molecule has 0 radical (unpaired) electrons. The van der Waals surface area contributed by atoms with Crippen LogP contribution in [0.15, 0.2) is 66.7 Å². The number of carbonyl (C=O) groups excluding carboxylic acids is 1. The van der Waals surface area contributed by atoms with Crippen molar-refractivity contribution in [3.05, 3.63) is 83.4 Å². The van der Waals surface area contributed by atoms with Crippen LogP contribution in [0, 0.1) is 0 Å². The Morgan fingerprint density at radius 1 is 0.812 bits per heavy atom. The van der Waals surface area contributed by atoms with E-state index in [1.165, 1.54) is 6.08 Å². The Labute approximate surface area is 187 Å². The molecule has 0 unspecified atom stereocenters. The second kappa shape index (κ2) is 10.7. The Balaban J connectivity index is 1.79. The molecule has 164 valence electrons. The quantitative estimate of drug-likeness (QED) is 0.295. The Bertz CT molecular complexity index is 1110. The zero-order chi connectivity index (χ0) is 22.9. The fraction of sp³-hybridized carbons (Fsp3) is 0.115. The van der Waals surface area contributed by atoms with Crippen LogP contribution in [0.5, 0.6) is 17.2 Å². The third kappa shape index (κ3) is 5.70. The van der Waals surface area contributed by atoms with E-state index in [0.29, 0.717) is 28.6 Å². The van der Waals surface area contributed by atoms with Gasteiger partial charge in [-0.05, 0) is 53.1 Å². The molecule has 0 saturated carbocycles.